The Balaban J connectivity index is 1.66. The first-order chi connectivity index (χ1) is 10.2. The molecule has 0 atom stereocenters. The quantitative estimate of drug-likeness (QED) is 0.631. The van der Waals surface area contributed by atoms with Gasteiger partial charge in [0.25, 0.3) is 5.69 Å². The van der Waals surface area contributed by atoms with Crippen molar-refractivity contribution in [1.82, 2.24) is 4.90 Å². The lowest BCUT2D eigenvalue weighted by molar-refractivity contribution is -0.384. The molecule has 2 saturated heterocycles. The Morgan fingerprint density at radius 2 is 1.81 bits per heavy atom. The summed E-state index contributed by atoms with van der Waals surface area (Å²) in [5.41, 5.74) is 0.808. The van der Waals surface area contributed by atoms with Gasteiger partial charge in [-0.2, -0.15) is 0 Å². The SMILES string of the molecule is O=C(C1CCN(c2ccccc2[N+](=O)[O-])CC1)N1CCC1. The Hall–Kier alpha value is -2.11. The molecule has 112 valence electrons. The van der Waals surface area contributed by atoms with Crippen LogP contribution >= 0.6 is 0 Å². The maximum Gasteiger partial charge on any atom is 0.292 e. The zero-order valence-electron chi connectivity index (χ0n) is 11.9. The molecule has 1 amide bonds. The molecule has 0 saturated carbocycles. The van der Waals surface area contributed by atoms with Gasteiger partial charge < -0.3 is 9.80 Å². The van der Waals surface area contributed by atoms with Gasteiger partial charge in [0.15, 0.2) is 0 Å². The highest BCUT2D eigenvalue weighted by Crippen LogP contribution is 2.31. The summed E-state index contributed by atoms with van der Waals surface area (Å²) in [7, 11) is 0. The number of carbonyl (C=O) groups is 1. The third-order valence-electron chi connectivity index (χ3n) is 4.43. The summed E-state index contributed by atoms with van der Waals surface area (Å²) < 4.78 is 0. The Morgan fingerprint density at radius 1 is 1.14 bits per heavy atom. The third-order valence-corrected chi connectivity index (χ3v) is 4.43. The van der Waals surface area contributed by atoms with E-state index in [1.807, 2.05) is 15.9 Å². The molecule has 1 aromatic carbocycles. The molecule has 0 N–H and O–H groups in total. The van der Waals surface area contributed by atoms with Gasteiger partial charge in [0.2, 0.25) is 5.91 Å². The molecule has 2 fully saturated rings. The molecule has 2 heterocycles. The largest absolute Gasteiger partial charge is 0.366 e. The van der Waals surface area contributed by atoms with Crippen molar-refractivity contribution in [2.75, 3.05) is 31.1 Å². The first-order valence-electron chi connectivity index (χ1n) is 7.44. The standard InChI is InChI=1S/C15H19N3O3/c19-15(17-8-3-9-17)12-6-10-16(11-7-12)13-4-1-2-5-14(13)18(20)21/h1-2,4-5,12H,3,6-11H2. The van der Waals surface area contributed by atoms with E-state index < -0.39 is 0 Å². The van der Waals surface area contributed by atoms with Crippen molar-refractivity contribution in [1.29, 1.82) is 0 Å². The number of hydrogen-bond acceptors (Lipinski definition) is 4. The minimum atomic E-state index is -0.341. The summed E-state index contributed by atoms with van der Waals surface area (Å²) in [4.78, 5) is 26.9. The Labute approximate surface area is 123 Å². The number of likely N-dealkylation sites (tertiary alicyclic amines) is 1. The molecule has 3 rings (SSSR count). The zero-order chi connectivity index (χ0) is 14.8. The summed E-state index contributed by atoms with van der Waals surface area (Å²) in [5.74, 6) is 0.354. The van der Waals surface area contributed by atoms with Crippen LogP contribution in [0.2, 0.25) is 0 Å². The highest BCUT2D eigenvalue weighted by atomic mass is 16.6. The van der Waals surface area contributed by atoms with Gasteiger partial charge in [0.1, 0.15) is 5.69 Å². The second-order valence-electron chi connectivity index (χ2n) is 5.69. The van der Waals surface area contributed by atoms with Crippen LogP contribution in [-0.4, -0.2) is 41.9 Å². The van der Waals surface area contributed by atoms with E-state index >= 15 is 0 Å². The van der Waals surface area contributed by atoms with Gasteiger partial charge in [0, 0.05) is 38.2 Å². The number of benzene rings is 1. The maximum atomic E-state index is 12.2. The van der Waals surface area contributed by atoms with Crippen LogP contribution in [0.1, 0.15) is 19.3 Å². The number of nitro groups is 1. The van der Waals surface area contributed by atoms with Crippen molar-refractivity contribution in [3.8, 4) is 0 Å². The first kappa shape index (κ1) is 13.9. The van der Waals surface area contributed by atoms with Gasteiger partial charge in [0.05, 0.1) is 4.92 Å². The van der Waals surface area contributed by atoms with Crippen LogP contribution < -0.4 is 4.90 Å². The molecule has 6 nitrogen and oxygen atoms in total. The van der Waals surface area contributed by atoms with E-state index in [1.54, 1.807) is 12.1 Å². The van der Waals surface area contributed by atoms with Crippen molar-refractivity contribution in [2.45, 2.75) is 19.3 Å². The number of carbonyl (C=O) groups excluding carboxylic acids is 1. The molecule has 2 aliphatic heterocycles. The summed E-state index contributed by atoms with van der Waals surface area (Å²) in [6.45, 7) is 3.19. The minimum absolute atomic E-state index is 0.0873. The molecule has 0 spiro atoms. The van der Waals surface area contributed by atoms with Gasteiger partial charge in [-0.15, -0.1) is 0 Å². The molecule has 2 aliphatic rings. The molecular weight excluding hydrogens is 270 g/mol. The first-order valence-corrected chi connectivity index (χ1v) is 7.44. The number of anilines is 1. The van der Waals surface area contributed by atoms with E-state index in [2.05, 4.69) is 0 Å². The highest BCUT2D eigenvalue weighted by Gasteiger charge is 2.32. The van der Waals surface area contributed by atoms with Gasteiger partial charge in [-0.05, 0) is 25.3 Å². The van der Waals surface area contributed by atoms with Crippen molar-refractivity contribution in [3.63, 3.8) is 0 Å². The van der Waals surface area contributed by atoms with Crippen molar-refractivity contribution in [3.05, 3.63) is 34.4 Å². The number of amides is 1. The van der Waals surface area contributed by atoms with Crippen LogP contribution in [0.25, 0.3) is 0 Å². The van der Waals surface area contributed by atoms with E-state index in [0.717, 1.165) is 32.4 Å². The lowest BCUT2D eigenvalue weighted by Crippen LogP contribution is -2.48. The predicted octanol–water partition coefficient (Wildman–Crippen LogP) is 2.04. The fourth-order valence-electron chi connectivity index (χ4n) is 3.05. The summed E-state index contributed by atoms with van der Waals surface area (Å²) >= 11 is 0. The van der Waals surface area contributed by atoms with E-state index in [9.17, 15) is 14.9 Å². The van der Waals surface area contributed by atoms with E-state index in [-0.39, 0.29) is 22.4 Å². The second-order valence-corrected chi connectivity index (χ2v) is 5.69. The lowest BCUT2D eigenvalue weighted by atomic mass is 9.93. The average molecular weight is 289 g/mol. The van der Waals surface area contributed by atoms with Crippen LogP contribution in [0, 0.1) is 16.0 Å². The number of nitro benzene ring substituents is 1. The van der Waals surface area contributed by atoms with Gasteiger partial charge >= 0.3 is 0 Å². The Morgan fingerprint density at radius 3 is 2.38 bits per heavy atom. The van der Waals surface area contributed by atoms with E-state index in [0.29, 0.717) is 18.8 Å². The molecule has 21 heavy (non-hydrogen) atoms. The Bertz CT molecular complexity index is 549. The molecule has 0 bridgehead atoms. The molecule has 0 aromatic heterocycles. The maximum absolute atomic E-state index is 12.2. The zero-order valence-corrected chi connectivity index (χ0v) is 11.9. The van der Waals surface area contributed by atoms with Gasteiger partial charge in [-0.3, -0.25) is 14.9 Å². The van der Waals surface area contributed by atoms with Crippen LogP contribution in [0.4, 0.5) is 11.4 Å². The van der Waals surface area contributed by atoms with Crippen LogP contribution in [0.5, 0.6) is 0 Å². The summed E-state index contributed by atoms with van der Waals surface area (Å²) in [5, 5.41) is 11.1. The molecule has 1 aromatic rings. The Kier molecular flexibility index (Phi) is 3.77. The van der Waals surface area contributed by atoms with Crippen LogP contribution in [0.3, 0.4) is 0 Å². The second kappa shape index (κ2) is 5.71. The monoisotopic (exact) mass is 289 g/mol. The van der Waals surface area contributed by atoms with E-state index in [1.165, 1.54) is 6.07 Å². The van der Waals surface area contributed by atoms with Crippen molar-refractivity contribution < 1.29 is 9.72 Å². The minimum Gasteiger partial charge on any atom is -0.366 e. The van der Waals surface area contributed by atoms with Gasteiger partial charge in [-0.25, -0.2) is 0 Å². The number of para-hydroxylation sites is 2. The van der Waals surface area contributed by atoms with Crippen molar-refractivity contribution in [2.24, 2.45) is 5.92 Å². The normalized spacial score (nSPS) is 19.2. The average Bonchev–Trinajstić information content (AvgIpc) is 2.45. The lowest BCUT2D eigenvalue weighted by Gasteiger charge is -2.38. The van der Waals surface area contributed by atoms with Crippen LogP contribution in [0.15, 0.2) is 24.3 Å². The molecule has 0 aliphatic carbocycles. The fraction of sp³-hybridized carbons (Fsp3) is 0.533. The van der Waals surface area contributed by atoms with Gasteiger partial charge in [-0.1, -0.05) is 12.1 Å². The number of rotatable bonds is 3. The predicted molar refractivity (Wildman–Crippen MR) is 79.2 cm³/mol. The number of piperidine rings is 1. The molecule has 0 unspecified atom stereocenters. The number of nitrogens with zero attached hydrogens (tertiary/aromatic N) is 3. The fourth-order valence-corrected chi connectivity index (χ4v) is 3.05. The van der Waals surface area contributed by atoms with E-state index in [4.69, 9.17) is 0 Å². The summed E-state index contributed by atoms with van der Waals surface area (Å²) in [6, 6.07) is 6.82. The molecule has 0 radical (unpaired) electrons. The molecule has 6 heteroatoms. The highest BCUT2D eigenvalue weighted by molar-refractivity contribution is 5.80. The molecular formula is C15H19N3O3. The third kappa shape index (κ3) is 2.70. The summed E-state index contributed by atoms with van der Waals surface area (Å²) in [6.07, 6.45) is 2.67. The number of hydrogen-bond donors (Lipinski definition) is 0. The van der Waals surface area contributed by atoms with Crippen molar-refractivity contribution >= 4 is 17.3 Å². The topological polar surface area (TPSA) is 66.7 Å². The van der Waals surface area contributed by atoms with Crippen LogP contribution in [-0.2, 0) is 4.79 Å². The smallest absolute Gasteiger partial charge is 0.292 e.